The molecule has 5 nitrogen and oxygen atoms in total. The van der Waals surface area contributed by atoms with Gasteiger partial charge in [-0.15, -0.1) is 13.2 Å². The minimum atomic E-state index is -4.61. The number of carbonyl (C=O) groups is 1. The van der Waals surface area contributed by atoms with Crippen molar-refractivity contribution in [2.75, 3.05) is 20.8 Å². The number of hydrogen-bond acceptors (Lipinski definition) is 4. The number of carbonyl (C=O) groups excluding carboxylic acids is 1. The Morgan fingerprint density at radius 1 is 1.35 bits per heavy atom. The molecule has 0 N–H and O–H groups in total. The maximum absolute atomic E-state index is 11.8. The zero-order chi connectivity index (χ0) is 13.1. The first-order valence-corrected chi connectivity index (χ1v) is 4.98. The van der Waals surface area contributed by atoms with Gasteiger partial charge in [-0.3, -0.25) is 14.4 Å². The van der Waals surface area contributed by atoms with Gasteiger partial charge in [0.25, 0.3) is 5.91 Å². The highest BCUT2D eigenvalue weighted by Gasteiger charge is 2.40. The topological polar surface area (TPSA) is 48.0 Å². The second-order valence-corrected chi connectivity index (χ2v) is 3.66. The molecule has 17 heavy (non-hydrogen) atoms. The first-order chi connectivity index (χ1) is 7.81. The van der Waals surface area contributed by atoms with Crippen LogP contribution in [-0.2, 0) is 19.1 Å². The highest BCUT2D eigenvalue weighted by Crippen LogP contribution is 2.31. The van der Waals surface area contributed by atoms with Crippen LogP contribution in [0.3, 0.4) is 0 Å². The number of hydrogen-bond donors (Lipinski definition) is 0. The third-order valence-corrected chi connectivity index (χ3v) is 2.42. The number of nitrogens with zero attached hydrogens (tertiary/aromatic N) is 1. The molecule has 1 saturated carbocycles. The SMILES string of the molecule is CON(C)C(=O)COC1CC(OC(F)(F)F)C1. The highest BCUT2D eigenvalue weighted by atomic mass is 19.4. The van der Waals surface area contributed by atoms with Crippen LogP contribution in [0.4, 0.5) is 13.2 Å². The molecule has 1 aliphatic carbocycles. The van der Waals surface area contributed by atoms with Gasteiger partial charge < -0.3 is 4.74 Å². The molecule has 0 heterocycles. The van der Waals surface area contributed by atoms with Crippen LogP contribution in [0.25, 0.3) is 0 Å². The summed E-state index contributed by atoms with van der Waals surface area (Å²) in [5, 5.41) is 0.988. The summed E-state index contributed by atoms with van der Waals surface area (Å²) in [5.41, 5.74) is 0. The molecule has 1 aliphatic rings. The monoisotopic (exact) mass is 257 g/mol. The zero-order valence-corrected chi connectivity index (χ0v) is 9.49. The molecule has 1 rings (SSSR count). The first kappa shape index (κ1) is 14.2. The van der Waals surface area contributed by atoms with Crippen molar-refractivity contribution in [1.82, 2.24) is 5.06 Å². The van der Waals surface area contributed by atoms with Crippen LogP contribution in [0.1, 0.15) is 12.8 Å². The number of alkyl halides is 3. The van der Waals surface area contributed by atoms with Crippen molar-refractivity contribution in [1.29, 1.82) is 0 Å². The summed E-state index contributed by atoms with van der Waals surface area (Å²) < 4.78 is 44.2. The zero-order valence-electron chi connectivity index (χ0n) is 9.49. The fourth-order valence-corrected chi connectivity index (χ4v) is 1.32. The summed E-state index contributed by atoms with van der Waals surface area (Å²) >= 11 is 0. The predicted molar refractivity (Wildman–Crippen MR) is 49.7 cm³/mol. The van der Waals surface area contributed by atoms with Crippen molar-refractivity contribution < 1.29 is 32.3 Å². The lowest BCUT2D eigenvalue weighted by Crippen LogP contribution is -2.42. The Kier molecular flexibility index (Phi) is 4.72. The highest BCUT2D eigenvalue weighted by molar-refractivity contribution is 5.76. The van der Waals surface area contributed by atoms with Gasteiger partial charge >= 0.3 is 6.36 Å². The molecule has 8 heteroatoms. The minimum Gasteiger partial charge on any atom is -0.368 e. The summed E-state index contributed by atoms with van der Waals surface area (Å²) in [6.45, 7) is -0.215. The van der Waals surface area contributed by atoms with Crippen molar-refractivity contribution in [3.63, 3.8) is 0 Å². The molecule has 1 amide bonds. The summed E-state index contributed by atoms with van der Waals surface area (Å²) in [7, 11) is 2.75. The van der Waals surface area contributed by atoms with Gasteiger partial charge in [0.15, 0.2) is 0 Å². The fraction of sp³-hybridized carbons (Fsp3) is 0.889. The molecule has 1 fully saturated rings. The maximum atomic E-state index is 11.8. The van der Waals surface area contributed by atoms with Crippen molar-refractivity contribution in [2.45, 2.75) is 31.4 Å². The lowest BCUT2D eigenvalue weighted by molar-refractivity contribution is -0.357. The molecule has 0 spiro atoms. The van der Waals surface area contributed by atoms with E-state index in [1.807, 2.05) is 0 Å². The molecular formula is C9H14F3NO4. The van der Waals surface area contributed by atoms with Gasteiger partial charge in [-0.2, -0.15) is 0 Å². The van der Waals surface area contributed by atoms with E-state index in [2.05, 4.69) is 9.57 Å². The van der Waals surface area contributed by atoms with Gasteiger partial charge in [-0.1, -0.05) is 0 Å². The Labute approximate surface area is 96.4 Å². The average Bonchev–Trinajstić information content (AvgIpc) is 2.17. The Hall–Kier alpha value is -0.860. The van der Waals surface area contributed by atoms with Crippen molar-refractivity contribution in [3.05, 3.63) is 0 Å². The largest absolute Gasteiger partial charge is 0.522 e. The van der Waals surface area contributed by atoms with Crippen LogP contribution >= 0.6 is 0 Å². The number of amides is 1. The van der Waals surface area contributed by atoms with E-state index >= 15 is 0 Å². The number of hydroxylamine groups is 2. The number of rotatable bonds is 5. The van der Waals surface area contributed by atoms with E-state index in [-0.39, 0.29) is 25.6 Å². The van der Waals surface area contributed by atoms with Crippen LogP contribution in [-0.4, -0.2) is 50.3 Å². The molecule has 0 atom stereocenters. The van der Waals surface area contributed by atoms with Crippen LogP contribution < -0.4 is 0 Å². The fourth-order valence-electron chi connectivity index (χ4n) is 1.32. The van der Waals surface area contributed by atoms with E-state index in [0.29, 0.717) is 0 Å². The molecule has 0 aromatic heterocycles. The second kappa shape index (κ2) is 5.65. The third kappa shape index (κ3) is 4.88. The molecule has 0 unspecified atom stereocenters. The molecule has 0 aromatic rings. The second-order valence-electron chi connectivity index (χ2n) is 3.66. The van der Waals surface area contributed by atoms with Crippen LogP contribution in [0.2, 0.25) is 0 Å². The van der Waals surface area contributed by atoms with E-state index in [1.54, 1.807) is 0 Å². The number of ether oxygens (including phenoxy) is 2. The summed E-state index contributed by atoms with van der Waals surface area (Å²) in [4.78, 5) is 15.8. The molecule has 0 aromatic carbocycles. The Morgan fingerprint density at radius 2 is 1.94 bits per heavy atom. The molecule has 100 valence electrons. The lowest BCUT2D eigenvalue weighted by Gasteiger charge is -2.35. The third-order valence-electron chi connectivity index (χ3n) is 2.42. The summed E-state index contributed by atoms with van der Waals surface area (Å²) in [6.07, 6.45) is -5.55. The van der Waals surface area contributed by atoms with Gasteiger partial charge in [-0.05, 0) is 0 Å². The number of likely N-dealkylation sites (N-methyl/N-ethyl adjacent to an activating group) is 1. The van der Waals surface area contributed by atoms with Gasteiger partial charge in [-0.25, -0.2) is 5.06 Å². The minimum absolute atomic E-state index is 0.142. The molecule has 0 radical (unpaired) electrons. The maximum Gasteiger partial charge on any atom is 0.522 e. The molecule has 0 saturated heterocycles. The van der Waals surface area contributed by atoms with Crippen LogP contribution in [0.15, 0.2) is 0 Å². The van der Waals surface area contributed by atoms with Crippen molar-refractivity contribution in [2.24, 2.45) is 0 Å². The quantitative estimate of drug-likeness (QED) is 0.692. The van der Waals surface area contributed by atoms with Gasteiger partial charge in [0, 0.05) is 19.9 Å². The van der Waals surface area contributed by atoms with Crippen molar-refractivity contribution in [3.8, 4) is 0 Å². The first-order valence-electron chi connectivity index (χ1n) is 4.98. The van der Waals surface area contributed by atoms with E-state index < -0.39 is 18.4 Å². The van der Waals surface area contributed by atoms with Gasteiger partial charge in [0.1, 0.15) is 6.61 Å². The Balaban J connectivity index is 2.12. The Morgan fingerprint density at radius 3 is 2.41 bits per heavy atom. The predicted octanol–water partition coefficient (Wildman–Crippen LogP) is 1.09. The Bertz CT molecular complexity index is 265. The molecule has 0 aliphatic heterocycles. The van der Waals surface area contributed by atoms with Crippen LogP contribution in [0, 0.1) is 0 Å². The van der Waals surface area contributed by atoms with E-state index in [9.17, 15) is 18.0 Å². The lowest BCUT2D eigenvalue weighted by atomic mass is 9.92. The summed E-state index contributed by atoms with van der Waals surface area (Å²) in [6, 6.07) is 0. The van der Waals surface area contributed by atoms with E-state index in [0.717, 1.165) is 5.06 Å². The molecule has 0 bridgehead atoms. The molecular weight excluding hydrogens is 243 g/mol. The smallest absolute Gasteiger partial charge is 0.368 e. The van der Waals surface area contributed by atoms with Gasteiger partial charge in [0.2, 0.25) is 0 Å². The van der Waals surface area contributed by atoms with E-state index in [4.69, 9.17) is 4.74 Å². The standard InChI is InChI=1S/C9H14F3NO4/c1-13(15-2)8(14)5-16-6-3-7(4-6)17-9(10,11)12/h6-7H,3-5H2,1-2H3. The van der Waals surface area contributed by atoms with Crippen LogP contribution in [0.5, 0.6) is 0 Å². The van der Waals surface area contributed by atoms with Crippen molar-refractivity contribution >= 4 is 5.91 Å². The van der Waals surface area contributed by atoms with E-state index in [1.165, 1.54) is 14.2 Å². The summed E-state index contributed by atoms with van der Waals surface area (Å²) in [5.74, 6) is -0.396. The van der Waals surface area contributed by atoms with Gasteiger partial charge in [0.05, 0.1) is 19.3 Å². The normalized spacial score (nSPS) is 24.3. The number of halogens is 3. The average molecular weight is 257 g/mol.